The van der Waals surface area contributed by atoms with Crippen molar-refractivity contribution in [3.05, 3.63) is 0 Å². The van der Waals surface area contributed by atoms with E-state index in [-0.39, 0.29) is 18.9 Å². The summed E-state index contributed by atoms with van der Waals surface area (Å²) in [5.74, 6) is -1.17. The molecule has 3 atom stereocenters. The molecule has 1 N–H and O–H groups in total. The summed E-state index contributed by atoms with van der Waals surface area (Å²) in [6, 6.07) is -1.42. The maximum absolute atomic E-state index is 13.8. The van der Waals surface area contributed by atoms with Crippen molar-refractivity contribution in [1.82, 2.24) is 19.6 Å². The van der Waals surface area contributed by atoms with Crippen LogP contribution in [-0.4, -0.2) is 111 Å². The smallest absolute Gasteiger partial charge is 0.413 e. The van der Waals surface area contributed by atoms with Crippen LogP contribution in [0.2, 0.25) is 0 Å². The molecule has 0 aromatic carbocycles. The van der Waals surface area contributed by atoms with Crippen LogP contribution in [0.15, 0.2) is 4.99 Å². The molecule has 3 unspecified atom stereocenters. The molecule has 2 fully saturated rings. The normalized spacial score (nSPS) is 23.5. The highest BCUT2D eigenvalue weighted by atomic mass is 16.6. The number of carbonyl (C=O) groups excluding carboxylic acids is 4. The van der Waals surface area contributed by atoms with Crippen molar-refractivity contribution in [1.29, 1.82) is 0 Å². The summed E-state index contributed by atoms with van der Waals surface area (Å²) < 4.78 is 5.48. The zero-order valence-electron chi connectivity index (χ0n) is 22.5. The molecule has 198 valence electrons. The molecule has 2 aliphatic rings. The van der Waals surface area contributed by atoms with E-state index in [1.54, 1.807) is 46.7 Å². The predicted octanol–water partition coefficient (Wildman–Crippen LogP) is 1.44. The third kappa shape index (κ3) is 5.76. The number of hydrogen-bond acceptors (Lipinski definition) is 6. The summed E-state index contributed by atoms with van der Waals surface area (Å²) in [6.45, 7) is 11.7. The first-order chi connectivity index (χ1) is 16.0. The van der Waals surface area contributed by atoms with E-state index in [4.69, 9.17) is 4.74 Å². The lowest BCUT2D eigenvalue weighted by Crippen LogP contribution is -2.79. The number of rotatable bonds is 7. The van der Waals surface area contributed by atoms with Crippen LogP contribution in [0.5, 0.6) is 0 Å². The molecule has 0 saturated carbocycles. The molecular formula is C24H41N5O6. The summed E-state index contributed by atoms with van der Waals surface area (Å²) >= 11 is 0. The Bertz CT molecular complexity index is 875. The fourth-order valence-corrected chi connectivity index (χ4v) is 4.87. The van der Waals surface area contributed by atoms with Crippen molar-refractivity contribution in [2.24, 2.45) is 4.99 Å². The lowest BCUT2D eigenvalue weighted by molar-refractivity contribution is -0.182. The number of nitrogens with zero attached hydrogens (tertiary/aromatic N) is 5. The van der Waals surface area contributed by atoms with Gasteiger partial charge in [0.2, 0.25) is 5.91 Å². The van der Waals surface area contributed by atoms with E-state index in [2.05, 4.69) is 4.99 Å². The highest BCUT2D eigenvalue weighted by molar-refractivity contribution is 6.02. The van der Waals surface area contributed by atoms with Crippen LogP contribution in [-0.2, 0) is 19.1 Å². The van der Waals surface area contributed by atoms with Gasteiger partial charge in [0.15, 0.2) is 0 Å². The minimum absolute atomic E-state index is 0.168. The average Bonchev–Trinajstić information content (AvgIpc) is 3.18. The molecule has 2 heterocycles. The van der Waals surface area contributed by atoms with Crippen molar-refractivity contribution < 1.29 is 29.0 Å². The van der Waals surface area contributed by atoms with Crippen LogP contribution < -0.4 is 0 Å². The van der Waals surface area contributed by atoms with Gasteiger partial charge in [-0.15, -0.1) is 0 Å². The Morgan fingerprint density at radius 3 is 2.31 bits per heavy atom. The van der Waals surface area contributed by atoms with Gasteiger partial charge in [0.05, 0.1) is 12.4 Å². The predicted molar refractivity (Wildman–Crippen MR) is 130 cm³/mol. The molecule has 0 aromatic heterocycles. The highest BCUT2D eigenvalue weighted by Crippen LogP contribution is 2.45. The minimum atomic E-state index is -1.68. The minimum Gasteiger partial charge on any atom is -0.444 e. The number of likely N-dealkylation sites (tertiary alicyclic amines) is 2. The van der Waals surface area contributed by atoms with E-state index in [0.29, 0.717) is 19.4 Å². The van der Waals surface area contributed by atoms with Gasteiger partial charge in [-0.1, -0.05) is 6.92 Å². The molecule has 0 aliphatic carbocycles. The van der Waals surface area contributed by atoms with Crippen molar-refractivity contribution in [3.63, 3.8) is 0 Å². The van der Waals surface area contributed by atoms with Gasteiger partial charge in [0.25, 0.3) is 11.8 Å². The monoisotopic (exact) mass is 495 g/mol. The Kier molecular flexibility index (Phi) is 8.26. The molecule has 2 saturated heterocycles. The number of aliphatic imine (C=N–C) groups is 1. The van der Waals surface area contributed by atoms with E-state index in [0.717, 1.165) is 4.90 Å². The number of amides is 4. The third-order valence-electron chi connectivity index (χ3n) is 6.38. The number of carbonyl (C=O) groups is 4. The van der Waals surface area contributed by atoms with Gasteiger partial charge < -0.3 is 24.5 Å². The summed E-state index contributed by atoms with van der Waals surface area (Å²) in [6.07, 6.45) is 1.88. The maximum Gasteiger partial charge on any atom is 0.413 e. The highest BCUT2D eigenvalue weighted by Gasteiger charge is 2.65. The second-order valence-electron chi connectivity index (χ2n) is 11.0. The second-order valence-corrected chi connectivity index (χ2v) is 11.0. The van der Waals surface area contributed by atoms with Crippen LogP contribution in [0.25, 0.3) is 0 Å². The van der Waals surface area contributed by atoms with E-state index in [9.17, 15) is 24.3 Å². The quantitative estimate of drug-likeness (QED) is 0.245. The standard InChI is InChI=1S/C24H41N5O6/c1-10-17(29(23(6,7)34)21(33)35-22(3,4)5)19(31)28-13-11-12-24(28)16(2)27(20(24)32)14-18(30)25-15-26(8)9/h15-17,34H,10-14H2,1-9H3. The fraction of sp³-hybridized carbons (Fsp3) is 0.792. The van der Waals surface area contributed by atoms with Crippen molar-refractivity contribution >= 4 is 30.2 Å². The van der Waals surface area contributed by atoms with E-state index in [1.165, 1.54) is 30.0 Å². The molecule has 4 amide bonds. The van der Waals surface area contributed by atoms with Gasteiger partial charge in [0, 0.05) is 20.6 Å². The molecule has 1 spiro atoms. The topological polar surface area (TPSA) is 123 Å². The summed E-state index contributed by atoms with van der Waals surface area (Å²) in [5.41, 5.74) is -3.57. The van der Waals surface area contributed by atoms with E-state index >= 15 is 0 Å². The summed E-state index contributed by atoms with van der Waals surface area (Å²) in [5, 5.41) is 10.8. The molecule has 11 nitrogen and oxygen atoms in total. The van der Waals surface area contributed by atoms with Crippen LogP contribution in [0.4, 0.5) is 4.79 Å². The molecule has 35 heavy (non-hydrogen) atoms. The van der Waals surface area contributed by atoms with Gasteiger partial charge >= 0.3 is 6.09 Å². The average molecular weight is 496 g/mol. The molecule has 2 rings (SSSR count). The van der Waals surface area contributed by atoms with Crippen LogP contribution in [0.1, 0.15) is 67.7 Å². The maximum atomic E-state index is 13.8. The van der Waals surface area contributed by atoms with Gasteiger partial charge in [-0.05, 0) is 60.8 Å². The van der Waals surface area contributed by atoms with Crippen molar-refractivity contribution in [2.45, 2.75) is 96.7 Å². The Morgan fingerprint density at radius 1 is 1.26 bits per heavy atom. The van der Waals surface area contributed by atoms with Crippen LogP contribution in [0.3, 0.4) is 0 Å². The SMILES string of the molecule is CCC(C(=O)N1CCCC12C(=O)N(CC(=O)N=CN(C)C)C2C)N(C(=O)OC(C)(C)C)C(C)(C)O. The van der Waals surface area contributed by atoms with E-state index in [1.807, 2.05) is 6.92 Å². The zero-order chi connectivity index (χ0) is 26.9. The number of aliphatic hydroxyl groups is 1. The Labute approximate surface area is 208 Å². The molecule has 0 bridgehead atoms. The first-order valence-electron chi connectivity index (χ1n) is 12.1. The van der Waals surface area contributed by atoms with Crippen molar-refractivity contribution in [2.75, 3.05) is 27.2 Å². The van der Waals surface area contributed by atoms with Crippen molar-refractivity contribution in [3.8, 4) is 0 Å². The van der Waals surface area contributed by atoms with Gasteiger partial charge in [-0.25, -0.2) is 9.79 Å². The van der Waals surface area contributed by atoms with Crippen LogP contribution >= 0.6 is 0 Å². The zero-order valence-corrected chi connectivity index (χ0v) is 22.5. The second kappa shape index (κ2) is 10.1. The van der Waals surface area contributed by atoms with Crippen LogP contribution in [0, 0.1) is 0 Å². The Morgan fingerprint density at radius 2 is 1.86 bits per heavy atom. The number of hydrogen-bond donors (Lipinski definition) is 1. The molecule has 2 aliphatic heterocycles. The third-order valence-corrected chi connectivity index (χ3v) is 6.38. The van der Waals surface area contributed by atoms with E-state index < -0.39 is 46.9 Å². The van der Waals surface area contributed by atoms with Gasteiger partial charge in [-0.3, -0.25) is 19.3 Å². The Hall–Kier alpha value is -2.69. The summed E-state index contributed by atoms with van der Waals surface area (Å²) in [4.78, 5) is 61.9. The molecule has 0 aromatic rings. The van der Waals surface area contributed by atoms with Gasteiger partial charge in [-0.2, -0.15) is 0 Å². The molecule has 11 heteroatoms. The lowest BCUT2D eigenvalue weighted by Gasteiger charge is -2.57. The Balaban J connectivity index is 2.30. The fourth-order valence-electron chi connectivity index (χ4n) is 4.87. The lowest BCUT2D eigenvalue weighted by atomic mass is 9.77. The summed E-state index contributed by atoms with van der Waals surface area (Å²) in [7, 11) is 3.48. The van der Waals surface area contributed by atoms with Gasteiger partial charge in [0.1, 0.15) is 29.5 Å². The number of ether oxygens (including phenoxy) is 1. The molecule has 0 radical (unpaired) electrons. The largest absolute Gasteiger partial charge is 0.444 e. The first-order valence-corrected chi connectivity index (χ1v) is 12.1. The molecular weight excluding hydrogens is 454 g/mol. The first kappa shape index (κ1) is 28.5. The number of β-lactam (4-membered cyclic amide) rings is 1.